The molecule has 0 heterocycles. The van der Waals surface area contributed by atoms with Gasteiger partial charge in [0.1, 0.15) is 0 Å². The molecule has 0 aromatic rings. The van der Waals surface area contributed by atoms with Crippen LogP contribution in [-0.4, -0.2) is 0 Å². The summed E-state index contributed by atoms with van der Waals surface area (Å²) in [5.41, 5.74) is 0. The van der Waals surface area contributed by atoms with Gasteiger partial charge in [-0.1, -0.05) is 26.7 Å². The maximum Gasteiger partial charge on any atom is 1.00 e. The van der Waals surface area contributed by atoms with Gasteiger partial charge in [0.2, 0.25) is 0 Å². The van der Waals surface area contributed by atoms with Gasteiger partial charge in [-0.2, -0.15) is 0 Å². The average molecular weight is 106 g/mol. The molecule has 0 aliphatic heterocycles. The van der Waals surface area contributed by atoms with Crippen molar-refractivity contribution in [1.29, 1.82) is 0 Å². The Balaban J connectivity index is -0.00000000750. The molecule has 0 atom stereocenters. The summed E-state index contributed by atoms with van der Waals surface area (Å²) in [7, 11) is 0. The predicted molar refractivity (Wildman–Crippen MR) is 22.8 cm³/mol. The van der Waals surface area contributed by atoms with E-state index in [1.54, 1.807) is 0 Å². The standard InChI is InChI=1S/C4H10.2Na.2H/c1-3-4-2;;;;/h3-4H2,1-2H3;;;;/q;2*+1;2*-1. The van der Waals surface area contributed by atoms with E-state index >= 15 is 0 Å². The number of hydrogen-bond donors (Lipinski definition) is 0. The van der Waals surface area contributed by atoms with E-state index in [1.807, 2.05) is 0 Å². The van der Waals surface area contributed by atoms with Gasteiger partial charge in [-0.15, -0.1) is 0 Å². The molecule has 30 valence electrons. The molecule has 2 heteroatoms. The van der Waals surface area contributed by atoms with Crippen molar-refractivity contribution in [2.24, 2.45) is 0 Å². The molecule has 0 aliphatic rings. The third-order valence-electron chi connectivity index (χ3n) is 0.500. The third-order valence-corrected chi connectivity index (χ3v) is 0.500. The molecule has 0 saturated carbocycles. The molecular formula is C4H12Na2. The largest absolute Gasteiger partial charge is 1.00 e. The second-order valence-electron chi connectivity index (χ2n) is 1.000. The van der Waals surface area contributed by atoms with Gasteiger partial charge in [0.15, 0.2) is 0 Å². The fraction of sp³-hybridized carbons (Fsp3) is 1.00. The summed E-state index contributed by atoms with van der Waals surface area (Å²) in [6, 6.07) is 0. The summed E-state index contributed by atoms with van der Waals surface area (Å²) in [5, 5.41) is 0. The minimum absolute atomic E-state index is 0. The van der Waals surface area contributed by atoms with Crippen molar-refractivity contribution in [1.82, 2.24) is 0 Å². The number of unbranched alkanes of at least 4 members (excludes halogenated alkanes) is 1. The summed E-state index contributed by atoms with van der Waals surface area (Å²) in [4.78, 5) is 0. The first-order chi connectivity index (χ1) is 1.91. The Morgan fingerprint density at radius 2 is 1.17 bits per heavy atom. The van der Waals surface area contributed by atoms with Crippen LogP contribution in [0.25, 0.3) is 0 Å². The van der Waals surface area contributed by atoms with Gasteiger partial charge in [0, 0.05) is 0 Å². The number of rotatable bonds is 1. The Morgan fingerprint density at radius 3 is 1.17 bits per heavy atom. The first-order valence-corrected chi connectivity index (χ1v) is 1.91. The Labute approximate surface area is 87.6 Å². The van der Waals surface area contributed by atoms with E-state index in [4.69, 9.17) is 0 Å². The van der Waals surface area contributed by atoms with Crippen LogP contribution in [0, 0.1) is 0 Å². The predicted octanol–water partition coefficient (Wildman–Crippen LogP) is -3.96. The van der Waals surface area contributed by atoms with Crippen LogP contribution < -0.4 is 59.1 Å². The molecule has 0 spiro atoms. The van der Waals surface area contributed by atoms with Crippen LogP contribution in [0.1, 0.15) is 29.5 Å². The second kappa shape index (κ2) is 15.8. The van der Waals surface area contributed by atoms with Gasteiger partial charge in [-0.25, -0.2) is 0 Å². The van der Waals surface area contributed by atoms with Crippen LogP contribution in [0.2, 0.25) is 0 Å². The molecule has 0 aromatic carbocycles. The van der Waals surface area contributed by atoms with Gasteiger partial charge in [-0.3, -0.25) is 0 Å². The van der Waals surface area contributed by atoms with Crippen molar-refractivity contribution in [3.8, 4) is 0 Å². The summed E-state index contributed by atoms with van der Waals surface area (Å²) in [6.45, 7) is 4.36. The molecule has 0 rings (SSSR count). The topological polar surface area (TPSA) is 0 Å². The van der Waals surface area contributed by atoms with E-state index in [2.05, 4.69) is 13.8 Å². The van der Waals surface area contributed by atoms with Crippen molar-refractivity contribution >= 4 is 0 Å². The minimum atomic E-state index is 0. The number of hydrogen-bond acceptors (Lipinski definition) is 0. The van der Waals surface area contributed by atoms with Crippen molar-refractivity contribution in [2.45, 2.75) is 26.7 Å². The van der Waals surface area contributed by atoms with E-state index < -0.39 is 0 Å². The Bertz CT molecular complexity index is 14.0. The monoisotopic (exact) mass is 106 g/mol. The normalized spacial score (nSPS) is 5.00. The third kappa shape index (κ3) is 16.7. The molecule has 0 amide bonds. The van der Waals surface area contributed by atoms with E-state index in [0.717, 1.165) is 0 Å². The van der Waals surface area contributed by atoms with Gasteiger partial charge in [0.25, 0.3) is 0 Å². The Hall–Kier alpha value is 2.00. The van der Waals surface area contributed by atoms with E-state index in [9.17, 15) is 0 Å². The molecule has 0 radical (unpaired) electrons. The molecule has 0 aliphatic carbocycles. The molecule has 0 aromatic heterocycles. The second-order valence-corrected chi connectivity index (χ2v) is 1.000. The molecule has 0 saturated heterocycles. The van der Waals surface area contributed by atoms with Crippen molar-refractivity contribution in [3.63, 3.8) is 0 Å². The van der Waals surface area contributed by atoms with E-state index in [1.165, 1.54) is 12.8 Å². The Morgan fingerprint density at radius 1 is 1.00 bits per heavy atom. The van der Waals surface area contributed by atoms with Gasteiger partial charge < -0.3 is 2.85 Å². The van der Waals surface area contributed by atoms with Crippen LogP contribution in [-0.2, 0) is 0 Å². The quantitative estimate of drug-likeness (QED) is 0.299. The summed E-state index contributed by atoms with van der Waals surface area (Å²) in [5.74, 6) is 0. The van der Waals surface area contributed by atoms with Crippen LogP contribution in [0.3, 0.4) is 0 Å². The van der Waals surface area contributed by atoms with Crippen LogP contribution in [0.4, 0.5) is 0 Å². The zero-order valence-corrected chi connectivity index (χ0v) is 9.41. The maximum atomic E-state index is 2.18. The van der Waals surface area contributed by atoms with Crippen molar-refractivity contribution in [2.75, 3.05) is 0 Å². The fourth-order valence-electron chi connectivity index (χ4n) is 0. The zero-order chi connectivity index (χ0) is 3.41. The van der Waals surface area contributed by atoms with Gasteiger partial charge >= 0.3 is 59.1 Å². The first-order valence-electron chi connectivity index (χ1n) is 1.91. The minimum Gasteiger partial charge on any atom is -1.00 e. The van der Waals surface area contributed by atoms with E-state index in [0.29, 0.717) is 0 Å². The van der Waals surface area contributed by atoms with E-state index in [-0.39, 0.29) is 62.0 Å². The summed E-state index contributed by atoms with van der Waals surface area (Å²) < 4.78 is 0. The zero-order valence-electron chi connectivity index (χ0n) is 7.41. The summed E-state index contributed by atoms with van der Waals surface area (Å²) in [6.07, 6.45) is 2.64. The maximum absolute atomic E-state index is 2.18. The molecule has 6 heavy (non-hydrogen) atoms. The molecule has 0 fully saturated rings. The molecule has 0 nitrogen and oxygen atoms in total. The first kappa shape index (κ1) is 15.7. The van der Waals surface area contributed by atoms with Gasteiger partial charge in [-0.05, 0) is 0 Å². The molecule has 0 bridgehead atoms. The molecular weight excluding hydrogens is 94.0 g/mol. The van der Waals surface area contributed by atoms with Gasteiger partial charge in [0.05, 0.1) is 0 Å². The smallest absolute Gasteiger partial charge is 1.00 e. The average Bonchev–Trinajstić information content (AvgIpc) is 1.37. The fourth-order valence-corrected chi connectivity index (χ4v) is 0. The van der Waals surface area contributed by atoms with Crippen molar-refractivity contribution in [3.05, 3.63) is 0 Å². The molecule has 0 N–H and O–H groups in total. The summed E-state index contributed by atoms with van der Waals surface area (Å²) >= 11 is 0. The SMILES string of the molecule is CCCC.[H-].[H-].[Na+].[Na+]. The van der Waals surface area contributed by atoms with Crippen LogP contribution in [0.15, 0.2) is 0 Å². The van der Waals surface area contributed by atoms with Crippen LogP contribution >= 0.6 is 0 Å². The van der Waals surface area contributed by atoms with Crippen molar-refractivity contribution < 1.29 is 62.0 Å². The van der Waals surface area contributed by atoms with Crippen LogP contribution in [0.5, 0.6) is 0 Å². The molecule has 0 unspecified atom stereocenters. The Kier molecular flexibility index (Phi) is 41.2.